The fourth-order valence-corrected chi connectivity index (χ4v) is 6.01. The molecule has 33 heavy (non-hydrogen) atoms. The molecule has 3 amide bonds. The number of carbonyl (C=O) groups excluding carboxylic acids is 3. The Bertz CT molecular complexity index is 905. The smallest absolute Gasteiger partial charge is 0.246 e. The van der Waals surface area contributed by atoms with Gasteiger partial charge >= 0.3 is 0 Å². The summed E-state index contributed by atoms with van der Waals surface area (Å²) >= 11 is 0. The first-order chi connectivity index (χ1) is 15.7. The van der Waals surface area contributed by atoms with E-state index in [4.69, 9.17) is 4.74 Å². The van der Waals surface area contributed by atoms with Gasteiger partial charge in [0, 0.05) is 11.7 Å². The maximum absolute atomic E-state index is 13.9. The van der Waals surface area contributed by atoms with Gasteiger partial charge in [-0.05, 0) is 51.2 Å². The van der Waals surface area contributed by atoms with Crippen LogP contribution in [0, 0.1) is 17.8 Å². The van der Waals surface area contributed by atoms with Gasteiger partial charge in [0.15, 0.2) is 0 Å². The lowest BCUT2D eigenvalue weighted by molar-refractivity contribution is -0.145. The van der Waals surface area contributed by atoms with Crippen molar-refractivity contribution in [3.8, 4) is 0 Å². The average Bonchev–Trinajstić information content (AvgIpc) is 3.39. The SMILES string of the molecule is CC(C)C[C@H](CO)N1C(=O)[C@@H]2[C@H](C(=O)Nc3ccccc3)[C@@H]3CCC2(O3)C1C(=O)NC(C)C. The fraction of sp³-hybridized carbons (Fsp3) is 0.640. The lowest BCUT2D eigenvalue weighted by atomic mass is 9.70. The molecule has 0 aliphatic carbocycles. The Morgan fingerprint density at radius 2 is 1.88 bits per heavy atom. The molecular formula is C25H35N3O5. The van der Waals surface area contributed by atoms with Crippen molar-refractivity contribution in [2.45, 2.75) is 76.8 Å². The number of aliphatic hydroxyl groups is 1. The summed E-state index contributed by atoms with van der Waals surface area (Å²) in [5.74, 6) is -2.02. The molecular weight excluding hydrogens is 422 g/mol. The first-order valence-corrected chi connectivity index (χ1v) is 12.0. The number of para-hydroxylation sites is 1. The Balaban J connectivity index is 1.71. The van der Waals surface area contributed by atoms with Crippen LogP contribution >= 0.6 is 0 Å². The first kappa shape index (κ1) is 23.7. The Morgan fingerprint density at radius 3 is 2.48 bits per heavy atom. The molecule has 8 heteroatoms. The average molecular weight is 458 g/mol. The quantitative estimate of drug-likeness (QED) is 0.553. The number of nitrogens with one attached hydrogen (secondary N) is 2. The molecule has 3 N–H and O–H groups in total. The van der Waals surface area contributed by atoms with E-state index in [1.54, 1.807) is 12.1 Å². The summed E-state index contributed by atoms with van der Waals surface area (Å²) in [6.45, 7) is 7.53. The zero-order valence-electron chi connectivity index (χ0n) is 19.8. The molecule has 180 valence electrons. The van der Waals surface area contributed by atoms with Crippen LogP contribution in [0.5, 0.6) is 0 Å². The lowest BCUT2D eigenvalue weighted by Gasteiger charge is -2.37. The van der Waals surface area contributed by atoms with E-state index in [1.165, 1.54) is 4.90 Å². The molecule has 1 spiro atoms. The highest BCUT2D eigenvalue weighted by Crippen LogP contribution is 2.59. The summed E-state index contributed by atoms with van der Waals surface area (Å²) in [6, 6.07) is 7.64. The molecule has 2 unspecified atom stereocenters. The van der Waals surface area contributed by atoms with E-state index in [0.717, 1.165) is 0 Å². The van der Waals surface area contributed by atoms with Crippen LogP contribution < -0.4 is 10.6 Å². The Kier molecular flexibility index (Phi) is 6.51. The summed E-state index contributed by atoms with van der Waals surface area (Å²) in [4.78, 5) is 42.2. The van der Waals surface area contributed by atoms with Crippen molar-refractivity contribution >= 4 is 23.4 Å². The number of hydrogen-bond acceptors (Lipinski definition) is 5. The van der Waals surface area contributed by atoms with Gasteiger partial charge in [-0.1, -0.05) is 32.0 Å². The third-order valence-corrected chi connectivity index (χ3v) is 7.11. The predicted octanol–water partition coefficient (Wildman–Crippen LogP) is 1.93. The number of hydrogen-bond donors (Lipinski definition) is 3. The molecule has 1 aromatic carbocycles. The van der Waals surface area contributed by atoms with Gasteiger partial charge in [-0.15, -0.1) is 0 Å². The van der Waals surface area contributed by atoms with Gasteiger partial charge in [0.05, 0.1) is 30.6 Å². The van der Waals surface area contributed by atoms with Crippen molar-refractivity contribution < 1.29 is 24.2 Å². The van der Waals surface area contributed by atoms with E-state index in [0.29, 0.717) is 24.9 Å². The van der Waals surface area contributed by atoms with Gasteiger partial charge in [-0.2, -0.15) is 0 Å². The second-order valence-electron chi connectivity index (χ2n) is 10.3. The van der Waals surface area contributed by atoms with Crippen molar-refractivity contribution in [2.75, 3.05) is 11.9 Å². The third kappa shape index (κ3) is 4.04. The lowest BCUT2D eigenvalue weighted by Crippen LogP contribution is -2.59. The second kappa shape index (κ2) is 9.06. The highest BCUT2D eigenvalue weighted by molar-refractivity contribution is 6.02. The number of anilines is 1. The zero-order valence-corrected chi connectivity index (χ0v) is 19.8. The zero-order chi connectivity index (χ0) is 23.9. The molecule has 0 saturated carbocycles. The highest BCUT2D eigenvalue weighted by atomic mass is 16.5. The van der Waals surface area contributed by atoms with Crippen molar-refractivity contribution in [3.05, 3.63) is 30.3 Å². The van der Waals surface area contributed by atoms with E-state index in [-0.39, 0.29) is 36.3 Å². The number of benzene rings is 1. The summed E-state index contributed by atoms with van der Waals surface area (Å²) in [6.07, 6.45) is 1.30. The van der Waals surface area contributed by atoms with Gasteiger partial charge in [-0.3, -0.25) is 14.4 Å². The van der Waals surface area contributed by atoms with Gasteiger partial charge in [0.1, 0.15) is 11.6 Å². The molecule has 6 atom stereocenters. The number of carbonyl (C=O) groups is 3. The van der Waals surface area contributed by atoms with Crippen LogP contribution in [0.15, 0.2) is 30.3 Å². The molecule has 0 aromatic heterocycles. The van der Waals surface area contributed by atoms with Crippen molar-refractivity contribution in [1.82, 2.24) is 10.2 Å². The monoisotopic (exact) mass is 457 g/mol. The summed E-state index contributed by atoms with van der Waals surface area (Å²) < 4.78 is 6.41. The fourth-order valence-electron chi connectivity index (χ4n) is 6.01. The standard InChI is InChI=1S/C25H35N3O5/c1-14(2)12-17(13-29)28-21(23(31)26-15(3)4)25-11-10-18(33-25)19(20(25)24(28)32)22(30)27-16-8-6-5-7-9-16/h5-9,14-15,17-21,29H,10-13H2,1-4H3,(H,26,31)(H,27,30)/t17-,18+,19-,20+,21?,25?/m1/s1. The Hall–Kier alpha value is -2.45. The molecule has 3 aliphatic heterocycles. The largest absolute Gasteiger partial charge is 0.394 e. The molecule has 3 aliphatic rings. The van der Waals surface area contributed by atoms with Crippen molar-refractivity contribution in [1.29, 1.82) is 0 Å². The molecule has 4 rings (SSSR count). The van der Waals surface area contributed by atoms with Gasteiger partial charge in [-0.25, -0.2) is 0 Å². The van der Waals surface area contributed by atoms with Crippen molar-refractivity contribution in [3.63, 3.8) is 0 Å². The topological polar surface area (TPSA) is 108 Å². The number of aliphatic hydroxyl groups excluding tert-OH is 1. The summed E-state index contributed by atoms with van der Waals surface area (Å²) in [5, 5.41) is 16.1. The van der Waals surface area contributed by atoms with Crippen LogP contribution in [0.2, 0.25) is 0 Å². The van der Waals surface area contributed by atoms with E-state index in [2.05, 4.69) is 10.6 Å². The number of nitrogens with zero attached hydrogens (tertiary/aromatic N) is 1. The van der Waals surface area contributed by atoms with Crippen LogP contribution in [0.3, 0.4) is 0 Å². The maximum Gasteiger partial charge on any atom is 0.246 e. The normalized spacial score (nSPS) is 31.2. The number of ether oxygens (including phenoxy) is 1. The van der Waals surface area contributed by atoms with E-state index >= 15 is 0 Å². The molecule has 8 nitrogen and oxygen atoms in total. The van der Waals surface area contributed by atoms with Gasteiger partial charge in [0.2, 0.25) is 17.7 Å². The Morgan fingerprint density at radius 1 is 1.18 bits per heavy atom. The highest BCUT2D eigenvalue weighted by Gasteiger charge is 2.75. The van der Waals surface area contributed by atoms with E-state index in [1.807, 2.05) is 45.9 Å². The minimum Gasteiger partial charge on any atom is -0.394 e. The molecule has 2 bridgehead atoms. The second-order valence-corrected chi connectivity index (χ2v) is 10.3. The van der Waals surface area contributed by atoms with Crippen LogP contribution in [-0.2, 0) is 19.1 Å². The number of fused-ring (bicyclic) bond motifs is 1. The minimum atomic E-state index is -1.05. The van der Waals surface area contributed by atoms with Crippen LogP contribution in [0.25, 0.3) is 0 Å². The number of amides is 3. The van der Waals surface area contributed by atoms with E-state index in [9.17, 15) is 19.5 Å². The minimum absolute atomic E-state index is 0.113. The van der Waals surface area contributed by atoms with Crippen LogP contribution in [0.4, 0.5) is 5.69 Å². The molecule has 3 saturated heterocycles. The number of rotatable bonds is 8. The molecule has 1 aromatic rings. The molecule has 0 radical (unpaired) electrons. The maximum atomic E-state index is 13.9. The van der Waals surface area contributed by atoms with Gasteiger partial charge in [0.25, 0.3) is 0 Å². The summed E-state index contributed by atoms with van der Waals surface area (Å²) in [5.41, 5.74) is -0.396. The molecule has 3 fully saturated rings. The Labute approximate surface area is 195 Å². The van der Waals surface area contributed by atoms with Crippen LogP contribution in [-0.4, -0.2) is 64.2 Å². The van der Waals surface area contributed by atoms with Crippen molar-refractivity contribution in [2.24, 2.45) is 17.8 Å². The van der Waals surface area contributed by atoms with Crippen LogP contribution in [0.1, 0.15) is 47.0 Å². The van der Waals surface area contributed by atoms with E-state index < -0.39 is 35.6 Å². The number of likely N-dealkylation sites (tertiary alicyclic amines) is 1. The molecule has 3 heterocycles. The summed E-state index contributed by atoms with van der Waals surface area (Å²) in [7, 11) is 0. The first-order valence-electron chi connectivity index (χ1n) is 12.0. The van der Waals surface area contributed by atoms with Gasteiger partial charge < -0.3 is 25.4 Å². The predicted molar refractivity (Wildman–Crippen MR) is 123 cm³/mol. The third-order valence-electron chi connectivity index (χ3n) is 7.11.